The molecular weight excluding hydrogens is 336 g/mol. The van der Waals surface area contributed by atoms with E-state index in [2.05, 4.69) is 9.98 Å². The van der Waals surface area contributed by atoms with Gasteiger partial charge >= 0.3 is 0 Å². The van der Waals surface area contributed by atoms with Gasteiger partial charge in [0, 0.05) is 12.6 Å². The number of aromatic nitrogens is 1. The molecule has 0 atom stereocenters. The highest BCUT2D eigenvalue weighted by atomic mass is 35.5. The van der Waals surface area contributed by atoms with Gasteiger partial charge in [0.15, 0.2) is 9.50 Å². The largest absolute Gasteiger partial charge is 0.273 e. The maximum atomic E-state index is 11.7. The van der Waals surface area contributed by atoms with Crippen LogP contribution in [0.4, 0.5) is 0 Å². The van der Waals surface area contributed by atoms with Crippen molar-refractivity contribution in [3.8, 4) is 0 Å². The molecule has 1 rings (SSSR count). The number of thiazole rings is 1. The molecule has 0 aromatic carbocycles. The number of carbonyl (C=O) groups is 1. The highest BCUT2D eigenvalue weighted by molar-refractivity contribution is 8.13. The molecule has 0 spiro atoms. The lowest BCUT2D eigenvalue weighted by Crippen LogP contribution is -2.34. The fraction of sp³-hybridized carbons (Fsp3) is 0.545. The van der Waals surface area contributed by atoms with Gasteiger partial charge in [-0.2, -0.15) is 4.99 Å². The maximum Gasteiger partial charge on any atom is 0.248 e. The number of nitrogens with zero attached hydrogens (tertiary/aromatic N) is 4. The Morgan fingerprint density at radius 1 is 1.67 bits per heavy atom. The first-order valence-electron chi connectivity index (χ1n) is 6.15. The second kappa shape index (κ2) is 8.96. The highest BCUT2D eigenvalue weighted by Gasteiger charge is 2.24. The zero-order chi connectivity index (χ0) is 15.8. The number of aliphatic imine (C=N–C) groups is 1. The van der Waals surface area contributed by atoms with E-state index in [9.17, 15) is 14.9 Å². The minimum Gasteiger partial charge on any atom is -0.273 e. The summed E-state index contributed by atoms with van der Waals surface area (Å²) in [7, 11) is 0. The summed E-state index contributed by atoms with van der Waals surface area (Å²) in [5.74, 6) is -0.351. The molecule has 1 amide bonds. The van der Waals surface area contributed by atoms with Gasteiger partial charge < -0.3 is 0 Å². The van der Waals surface area contributed by atoms with Gasteiger partial charge in [0.05, 0.1) is 4.88 Å². The number of hydrogen-bond donors (Lipinski definition) is 0. The van der Waals surface area contributed by atoms with Crippen LogP contribution in [0, 0.1) is 10.1 Å². The van der Waals surface area contributed by atoms with Crippen LogP contribution in [0.15, 0.2) is 11.2 Å². The molecule has 21 heavy (non-hydrogen) atoms. The van der Waals surface area contributed by atoms with Crippen LogP contribution in [0.2, 0.25) is 4.47 Å². The Morgan fingerprint density at radius 3 is 2.86 bits per heavy atom. The van der Waals surface area contributed by atoms with Crippen molar-refractivity contribution < 1.29 is 9.83 Å². The number of rotatable bonds is 6. The number of nitro groups is 1. The zero-order valence-electron chi connectivity index (χ0n) is 11.6. The molecule has 7 nitrogen and oxygen atoms in total. The number of hydrogen-bond acceptors (Lipinski definition) is 6. The lowest BCUT2D eigenvalue weighted by atomic mass is 10.2. The molecular formula is C11H15ClN4O3S2. The van der Waals surface area contributed by atoms with E-state index in [1.807, 2.05) is 6.92 Å². The first-order chi connectivity index (χ1) is 9.97. The quantitative estimate of drug-likeness (QED) is 0.338. The van der Waals surface area contributed by atoms with E-state index >= 15 is 0 Å². The number of thioether (sulfide) groups is 1. The third-order valence-electron chi connectivity index (χ3n) is 2.40. The monoisotopic (exact) mass is 350 g/mol. The molecule has 0 fully saturated rings. The summed E-state index contributed by atoms with van der Waals surface area (Å²) in [5, 5.41) is 11.5. The van der Waals surface area contributed by atoms with Gasteiger partial charge in [0.2, 0.25) is 11.1 Å². The first kappa shape index (κ1) is 17.9. The average molecular weight is 351 g/mol. The molecule has 1 aromatic heterocycles. The SMILES string of the molecule is CCCCC(=O)N=C(SC)N(Cc1cnc(Cl)s1)[N+](=O)[O-]. The van der Waals surface area contributed by atoms with Crippen molar-refractivity contribution in [1.29, 1.82) is 0 Å². The molecule has 0 N–H and O–H groups in total. The van der Waals surface area contributed by atoms with E-state index in [0.29, 0.717) is 22.2 Å². The number of carbonyl (C=O) groups excluding carboxylic acids is 1. The fourth-order valence-corrected chi connectivity index (χ4v) is 2.89. The van der Waals surface area contributed by atoms with Gasteiger partial charge in [-0.3, -0.25) is 4.79 Å². The normalized spacial score (nSPS) is 11.5. The van der Waals surface area contributed by atoms with Gasteiger partial charge in [-0.1, -0.05) is 41.7 Å². The van der Waals surface area contributed by atoms with E-state index in [4.69, 9.17) is 11.6 Å². The number of unbranched alkanes of at least 4 members (excludes halogenated alkanes) is 1. The summed E-state index contributed by atoms with van der Waals surface area (Å²) < 4.78 is 0.315. The number of amidine groups is 1. The summed E-state index contributed by atoms with van der Waals surface area (Å²) in [5.41, 5.74) is 0. The van der Waals surface area contributed by atoms with Gasteiger partial charge in [0.1, 0.15) is 6.54 Å². The topological polar surface area (TPSA) is 88.7 Å². The van der Waals surface area contributed by atoms with Gasteiger partial charge in [-0.15, -0.1) is 11.3 Å². The maximum absolute atomic E-state index is 11.7. The van der Waals surface area contributed by atoms with Crippen LogP contribution >= 0.6 is 34.7 Å². The summed E-state index contributed by atoms with van der Waals surface area (Å²) in [6.45, 7) is 1.93. The molecule has 10 heteroatoms. The van der Waals surface area contributed by atoms with Crippen molar-refractivity contribution in [1.82, 2.24) is 9.99 Å². The van der Waals surface area contributed by atoms with Crippen LogP contribution in [0.25, 0.3) is 0 Å². The van der Waals surface area contributed by atoms with Crippen molar-refractivity contribution in [2.45, 2.75) is 32.7 Å². The van der Waals surface area contributed by atoms with Crippen molar-refractivity contribution in [3.63, 3.8) is 0 Å². The van der Waals surface area contributed by atoms with E-state index in [1.54, 1.807) is 6.26 Å². The summed E-state index contributed by atoms with van der Waals surface area (Å²) >= 11 is 7.92. The van der Waals surface area contributed by atoms with Gasteiger partial charge in [-0.05, 0) is 12.7 Å². The van der Waals surface area contributed by atoms with Crippen LogP contribution in [0.1, 0.15) is 31.1 Å². The summed E-state index contributed by atoms with van der Waals surface area (Å²) in [6.07, 6.45) is 4.99. The average Bonchev–Trinajstić information content (AvgIpc) is 2.85. The standard InChI is InChI=1S/C11H15ClN4O3S2/c1-3-4-5-9(17)14-11(20-2)15(16(18)19)7-8-6-13-10(12)21-8/h6H,3-5,7H2,1-2H3. The fourth-order valence-electron chi connectivity index (χ4n) is 1.40. The van der Waals surface area contributed by atoms with E-state index in [1.165, 1.54) is 6.20 Å². The van der Waals surface area contributed by atoms with E-state index in [-0.39, 0.29) is 17.6 Å². The third kappa shape index (κ3) is 5.98. The minimum atomic E-state index is -0.587. The van der Waals surface area contributed by atoms with Gasteiger partial charge in [0.25, 0.3) is 0 Å². The second-order valence-corrected chi connectivity index (χ2v) is 6.44. The molecule has 1 heterocycles. The predicted molar refractivity (Wildman–Crippen MR) is 85.1 cm³/mol. The molecule has 0 aliphatic rings. The first-order valence-corrected chi connectivity index (χ1v) is 8.57. The second-order valence-electron chi connectivity index (χ2n) is 3.97. The van der Waals surface area contributed by atoms with Crippen LogP contribution in [-0.4, -0.2) is 32.4 Å². The van der Waals surface area contributed by atoms with Crippen molar-refractivity contribution >= 4 is 45.8 Å². The Labute approximate surface area is 135 Å². The summed E-state index contributed by atoms with van der Waals surface area (Å²) in [6, 6.07) is 0. The van der Waals surface area contributed by atoms with Gasteiger partial charge in [-0.25, -0.2) is 15.1 Å². The number of hydrazine groups is 1. The van der Waals surface area contributed by atoms with Crippen LogP contribution in [-0.2, 0) is 11.3 Å². The Morgan fingerprint density at radius 2 is 2.38 bits per heavy atom. The molecule has 116 valence electrons. The predicted octanol–water partition coefficient (Wildman–Crippen LogP) is 3.23. The number of amides is 1. The Hall–Kier alpha value is -1.19. The molecule has 0 saturated carbocycles. The highest BCUT2D eigenvalue weighted by Crippen LogP contribution is 2.21. The molecule has 1 aromatic rings. The molecule has 0 aliphatic carbocycles. The number of halogens is 1. The molecule has 0 unspecified atom stereocenters. The molecule has 0 radical (unpaired) electrons. The van der Waals surface area contributed by atoms with E-state index < -0.39 is 5.03 Å². The van der Waals surface area contributed by atoms with Crippen LogP contribution in [0.3, 0.4) is 0 Å². The third-order valence-corrected chi connectivity index (χ3v) is 4.16. The van der Waals surface area contributed by atoms with Crippen molar-refractivity contribution in [2.75, 3.05) is 6.26 Å². The Bertz CT molecular complexity index is 535. The Balaban J connectivity index is 2.87. The Kier molecular flexibility index (Phi) is 7.62. The summed E-state index contributed by atoms with van der Waals surface area (Å²) in [4.78, 5) is 31.2. The van der Waals surface area contributed by atoms with Crippen molar-refractivity contribution in [2.24, 2.45) is 4.99 Å². The lowest BCUT2D eigenvalue weighted by Gasteiger charge is -2.13. The van der Waals surface area contributed by atoms with Crippen LogP contribution in [0.5, 0.6) is 0 Å². The molecule has 0 saturated heterocycles. The smallest absolute Gasteiger partial charge is 0.248 e. The minimum absolute atomic E-state index is 0.0296. The van der Waals surface area contributed by atoms with E-state index in [0.717, 1.165) is 34.5 Å². The van der Waals surface area contributed by atoms with Crippen molar-refractivity contribution in [3.05, 3.63) is 25.7 Å². The van der Waals surface area contributed by atoms with Crippen LogP contribution < -0.4 is 0 Å². The molecule has 0 bridgehead atoms. The molecule has 0 aliphatic heterocycles. The lowest BCUT2D eigenvalue weighted by molar-refractivity contribution is -0.631. The zero-order valence-corrected chi connectivity index (χ0v) is 14.0.